The van der Waals surface area contributed by atoms with Gasteiger partial charge in [-0.1, -0.05) is 155 Å². The molecule has 1 aromatic heterocycles. The van der Waals surface area contributed by atoms with E-state index < -0.39 is 16.1 Å². The number of fused-ring (bicyclic) bond motifs is 5. The van der Waals surface area contributed by atoms with Crippen molar-refractivity contribution >= 4 is 97.8 Å². The molecule has 9 aromatic rings. The Morgan fingerprint density at radius 1 is 0.481 bits per heavy atom. The van der Waals surface area contributed by atoms with Crippen molar-refractivity contribution in [3.05, 3.63) is 139 Å². The normalized spacial score (nSPS) is 12.9. The number of anilines is 3. The second kappa shape index (κ2) is 12.2. The van der Waals surface area contributed by atoms with E-state index in [0.29, 0.717) is 0 Å². The summed E-state index contributed by atoms with van der Waals surface area (Å²) in [6.07, 6.45) is 0. The average Bonchev–Trinajstić information content (AvgIpc) is 3.53. The Balaban J connectivity index is 1.41. The lowest BCUT2D eigenvalue weighted by molar-refractivity contribution is 0.590. The van der Waals surface area contributed by atoms with Gasteiger partial charge in [0, 0.05) is 44.7 Å². The van der Waals surface area contributed by atoms with Crippen LogP contribution in [0.25, 0.3) is 65.4 Å². The molecule has 1 heterocycles. The van der Waals surface area contributed by atoms with Gasteiger partial charge in [-0.3, -0.25) is 0 Å². The van der Waals surface area contributed by atoms with Gasteiger partial charge in [0.2, 0.25) is 0 Å². The summed E-state index contributed by atoms with van der Waals surface area (Å²) in [6.45, 7) is 21.6. The molecule has 0 atom stereocenters. The molecule has 268 valence electrons. The first-order valence-electron chi connectivity index (χ1n) is 19.3. The minimum absolute atomic E-state index is 0.0981. The molecule has 0 amide bonds. The summed E-state index contributed by atoms with van der Waals surface area (Å²) in [4.78, 5) is 2.32. The van der Waals surface area contributed by atoms with Gasteiger partial charge in [-0.2, -0.15) is 0 Å². The van der Waals surface area contributed by atoms with Gasteiger partial charge in [-0.05, 0) is 86.1 Å². The molecular weight excluding hydrogens is 687 g/mol. The Labute approximate surface area is 321 Å². The zero-order valence-corrected chi connectivity index (χ0v) is 35.1. The summed E-state index contributed by atoms with van der Waals surface area (Å²) in [5, 5.41) is 13.2. The van der Waals surface area contributed by atoms with E-state index in [1.54, 1.807) is 0 Å². The molecule has 0 saturated carbocycles. The van der Waals surface area contributed by atoms with Crippen LogP contribution in [0.5, 0.6) is 0 Å². The quantitative estimate of drug-likeness (QED) is 0.125. The Morgan fingerprint density at radius 2 is 1.06 bits per heavy atom. The SMILES string of the molecule is CC(C)(C)c1ccc(-c2cc3cc([Si](C)(C)C)cc4c5c6ccc(N(c7ccccc7)c7ccccc7)cc6oc5c5cc([Si](C)(C)C)cc2c5c34)cc1. The fourth-order valence-corrected chi connectivity index (χ4v) is 10.6. The van der Waals surface area contributed by atoms with Gasteiger partial charge in [-0.25, -0.2) is 0 Å². The number of hydrogen-bond donors (Lipinski definition) is 0. The van der Waals surface area contributed by atoms with E-state index >= 15 is 0 Å². The molecule has 0 fully saturated rings. The van der Waals surface area contributed by atoms with E-state index in [-0.39, 0.29) is 5.41 Å². The van der Waals surface area contributed by atoms with Crippen molar-refractivity contribution in [2.75, 3.05) is 4.90 Å². The van der Waals surface area contributed by atoms with Crippen LogP contribution in [-0.2, 0) is 5.41 Å². The predicted octanol–water partition coefficient (Wildman–Crippen LogP) is 14.0. The largest absolute Gasteiger partial charge is 0.455 e. The minimum atomic E-state index is -1.74. The molecule has 0 spiro atoms. The van der Waals surface area contributed by atoms with Crippen molar-refractivity contribution in [3.63, 3.8) is 0 Å². The maximum Gasteiger partial charge on any atom is 0.143 e. The maximum absolute atomic E-state index is 7.22. The second-order valence-electron chi connectivity index (χ2n) is 18.3. The zero-order chi connectivity index (χ0) is 37.7. The lowest BCUT2D eigenvalue weighted by atomic mass is 9.84. The van der Waals surface area contributed by atoms with Crippen LogP contribution in [0.1, 0.15) is 26.3 Å². The fraction of sp³-hybridized carbons (Fsp3) is 0.200. The van der Waals surface area contributed by atoms with Crippen molar-refractivity contribution in [1.82, 2.24) is 0 Å². The van der Waals surface area contributed by atoms with Gasteiger partial charge in [0.05, 0.1) is 16.1 Å². The number of benzene rings is 8. The number of hydrogen-bond acceptors (Lipinski definition) is 2. The van der Waals surface area contributed by atoms with Crippen LogP contribution in [0.2, 0.25) is 39.3 Å². The number of para-hydroxylation sites is 2. The number of nitrogens with zero attached hydrogens (tertiary/aromatic N) is 1. The third-order valence-electron chi connectivity index (χ3n) is 11.4. The monoisotopic (exact) mass is 735 g/mol. The van der Waals surface area contributed by atoms with E-state index in [2.05, 4.69) is 198 Å². The molecule has 4 heteroatoms. The maximum atomic E-state index is 7.22. The van der Waals surface area contributed by atoms with Gasteiger partial charge < -0.3 is 9.32 Å². The van der Waals surface area contributed by atoms with E-state index in [9.17, 15) is 0 Å². The molecule has 0 aliphatic carbocycles. The van der Waals surface area contributed by atoms with Crippen molar-refractivity contribution in [2.24, 2.45) is 0 Å². The Kier molecular flexibility index (Phi) is 7.80. The summed E-state index contributed by atoms with van der Waals surface area (Å²) >= 11 is 0. The standard InChI is InChI=1S/C50H49NOSi2/c1-50(2,3)34-22-20-32(21-23-34)41-27-33-26-38(53(4,5)6)30-43-46(33)47-42(41)29-39(54(7,8)9)31-44(47)49-48(43)40-25-24-37(28-45(40)52-49)51(35-16-12-10-13-17-35)36-18-14-11-15-19-36/h10-31H,1-9H3. The van der Waals surface area contributed by atoms with Gasteiger partial charge in [-0.15, -0.1) is 0 Å². The summed E-state index contributed by atoms with van der Waals surface area (Å²) in [5.41, 5.74) is 9.25. The third-order valence-corrected chi connectivity index (χ3v) is 15.5. The lowest BCUT2D eigenvalue weighted by Crippen LogP contribution is -2.37. The van der Waals surface area contributed by atoms with Crippen molar-refractivity contribution in [1.29, 1.82) is 0 Å². The minimum Gasteiger partial charge on any atom is -0.455 e. The molecule has 0 radical (unpaired) electrons. The molecule has 0 aliphatic rings. The summed E-state index contributed by atoms with van der Waals surface area (Å²) in [6, 6.07) is 50.0. The molecule has 8 aromatic carbocycles. The molecule has 0 unspecified atom stereocenters. The fourth-order valence-electron chi connectivity index (χ4n) is 8.33. The Morgan fingerprint density at radius 3 is 1.65 bits per heavy atom. The zero-order valence-electron chi connectivity index (χ0n) is 33.1. The molecule has 0 bridgehead atoms. The first-order chi connectivity index (χ1) is 25.7. The van der Waals surface area contributed by atoms with Crippen LogP contribution in [-0.4, -0.2) is 16.1 Å². The molecule has 0 aliphatic heterocycles. The second-order valence-corrected chi connectivity index (χ2v) is 28.5. The van der Waals surface area contributed by atoms with Crippen LogP contribution in [0.4, 0.5) is 17.1 Å². The van der Waals surface area contributed by atoms with E-state index in [1.165, 1.54) is 70.2 Å². The lowest BCUT2D eigenvalue weighted by Gasteiger charge is -2.25. The highest BCUT2D eigenvalue weighted by atomic mass is 28.3. The van der Waals surface area contributed by atoms with E-state index in [0.717, 1.165) is 28.2 Å². The van der Waals surface area contributed by atoms with Crippen molar-refractivity contribution in [2.45, 2.75) is 65.5 Å². The number of rotatable bonds is 6. The molecule has 9 rings (SSSR count). The first-order valence-corrected chi connectivity index (χ1v) is 26.3. The van der Waals surface area contributed by atoms with Crippen LogP contribution in [0, 0.1) is 0 Å². The molecule has 0 N–H and O–H groups in total. The highest BCUT2D eigenvalue weighted by Gasteiger charge is 2.28. The van der Waals surface area contributed by atoms with Crippen LogP contribution < -0.4 is 15.3 Å². The third kappa shape index (κ3) is 5.66. The Bertz CT molecular complexity index is 2810. The average molecular weight is 736 g/mol. The van der Waals surface area contributed by atoms with Crippen LogP contribution in [0.15, 0.2) is 138 Å². The van der Waals surface area contributed by atoms with Gasteiger partial charge in [0.1, 0.15) is 11.2 Å². The van der Waals surface area contributed by atoms with Crippen molar-refractivity contribution in [3.8, 4) is 11.1 Å². The molecule has 54 heavy (non-hydrogen) atoms. The topological polar surface area (TPSA) is 16.4 Å². The Hall–Kier alpha value is -5.17. The van der Waals surface area contributed by atoms with Gasteiger partial charge in [0.15, 0.2) is 0 Å². The molecule has 0 saturated heterocycles. The first kappa shape index (κ1) is 34.6. The predicted molar refractivity (Wildman–Crippen MR) is 242 cm³/mol. The van der Waals surface area contributed by atoms with E-state index in [1.807, 2.05) is 0 Å². The summed E-state index contributed by atoms with van der Waals surface area (Å²) < 4.78 is 7.22. The van der Waals surface area contributed by atoms with E-state index in [4.69, 9.17) is 4.42 Å². The van der Waals surface area contributed by atoms with Gasteiger partial charge >= 0.3 is 0 Å². The molecular formula is C50H49NOSi2. The van der Waals surface area contributed by atoms with Gasteiger partial charge in [0.25, 0.3) is 0 Å². The smallest absolute Gasteiger partial charge is 0.143 e. The van der Waals surface area contributed by atoms with Crippen molar-refractivity contribution < 1.29 is 4.42 Å². The highest BCUT2D eigenvalue weighted by molar-refractivity contribution is 6.89. The molecule has 2 nitrogen and oxygen atoms in total. The van der Waals surface area contributed by atoms with Crippen LogP contribution >= 0.6 is 0 Å². The van der Waals surface area contributed by atoms with Crippen LogP contribution in [0.3, 0.4) is 0 Å². The highest BCUT2D eigenvalue weighted by Crippen LogP contribution is 2.48. The summed E-state index contributed by atoms with van der Waals surface area (Å²) in [5.74, 6) is 0. The number of furan rings is 1. The summed E-state index contributed by atoms with van der Waals surface area (Å²) in [7, 11) is -3.44.